The molecule has 4 N–H and O–H groups in total. The van der Waals surface area contributed by atoms with Crippen LogP contribution in [0.1, 0.15) is 13.3 Å². The van der Waals surface area contributed by atoms with Crippen LogP contribution in [0.5, 0.6) is 5.75 Å². The van der Waals surface area contributed by atoms with Gasteiger partial charge in [0.25, 0.3) is 5.69 Å². The highest BCUT2D eigenvalue weighted by Gasteiger charge is 2.22. The summed E-state index contributed by atoms with van der Waals surface area (Å²) in [5.41, 5.74) is 4.94. The van der Waals surface area contributed by atoms with Crippen LogP contribution < -0.4 is 15.8 Å². The number of carboxylic acids is 1. The lowest BCUT2D eigenvalue weighted by Crippen LogP contribution is -2.37. The molecule has 0 spiro atoms. The number of carbonyl (C=O) groups excluding carboxylic acids is 1. The molecule has 0 saturated heterocycles. The van der Waals surface area contributed by atoms with Crippen molar-refractivity contribution in [3.05, 3.63) is 28.3 Å². The number of nitrogens with one attached hydrogen (secondary N) is 1. The van der Waals surface area contributed by atoms with Gasteiger partial charge in [0, 0.05) is 0 Å². The number of amides is 1. The molecular formula is C12H15N3O6. The number of carboxylic acid groups (broad SMARTS) is 1. The van der Waals surface area contributed by atoms with Gasteiger partial charge in [-0.1, -0.05) is 0 Å². The van der Waals surface area contributed by atoms with Crippen LogP contribution in [0.25, 0.3) is 0 Å². The lowest BCUT2D eigenvalue weighted by Gasteiger charge is -2.11. The second kappa shape index (κ2) is 7.20. The minimum Gasteiger partial charge on any atom is -0.494 e. The van der Waals surface area contributed by atoms with Gasteiger partial charge in [-0.3, -0.25) is 19.7 Å². The first-order valence-corrected chi connectivity index (χ1v) is 6.04. The number of nitro benzene ring substituents is 1. The van der Waals surface area contributed by atoms with Gasteiger partial charge in [-0.2, -0.15) is 0 Å². The van der Waals surface area contributed by atoms with Crippen LogP contribution in [0.2, 0.25) is 0 Å². The Morgan fingerprint density at radius 3 is 2.71 bits per heavy atom. The van der Waals surface area contributed by atoms with E-state index in [9.17, 15) is 19.7 Å². The summed E-state index contributed by atoms with van der Waals surface area (Å²) in [5.74, 6) is -1.76. The number of hydrogen-bond acceptors (Lipinski definition) is 6. The predicted molar refractivity (Wildman–Crippen MR) is 73.1 cm³/mol. The quantitative estimate of drug-likeness (QED) is 0.497. The van der Waals surface area contributed by atoms with Gasteiger partial charge in [0.15, 0.2) is 0 Å². The molecule has 114 valence electrons. The Morgan fingerprint density at radius 2 is 2.19 bits per heavy atom. The monoisotopic (exact) mass is 297 g/mol. The second-order valence-corrected chi connectivity index (χ2v) is 4.06. The molecule has 1 atom stereocenters. The molecule has 9 heteroatoms. The smallest absolute Gasteiger partial charge is 0.305 e. The summed E-state index contributed by atoms with van der Waals surface area (Å²) < 4.78 is 5.14. The molecule has 0 fully saturated rings. The third-order valence-electron chi connectivity index (χ3n) is 2.47. The Balaban J connectivity index is 2.94. The Hall–Kier alpha value is -2.68. The third kappa shape index (κ3) is 4.73. The van der Waals surface area contributed by atoms with Crippen LogP contribution in [-0.2, 0) is 9.59 Å². The Bertz CT molecular complexity index is 560. The topological polar surface area (TPSA) is 145 Å². The lowest BCUT2D eigenvalue weighted by molar-refractivity contribution is -0.384. The average Bonchev–Trinajstić information content (AvgIpc) is 2.39. The molecule has 0 saturated carbocycles. The molecular weight excluding hydrogens is 282 g/mol. The van der Waals surface area contributed by atoms with Crippen LogP contribution in [0.4, 0.5) is 11.4 Å². The zero-order chi connectivity index (χ0) is 16.0. The number of rotatable bonds is 7. The molecule has 0 heterocycles. The summed E-state index contributed by atoms with van der Waals surface area (Å²) in [6.45, 7) is 2.07. The van der Waals surface area contributed by atoms with Crippen molar-refractivity contribution in [3.63, 3.8) is 0 Å². The standard InChI is InChI=1S/C12H15N3O6/c1-2-21-7-3-4-9(10(5-7)15(19)20)14-12(18)8(13)6-11(16)17/h3-5,8H,2,6,13H2,1H3,(H,14,18)(H,16,17). The van der Waals surface area contributed by atoms with E-state index in [4.69, 9.17) is 15.6 Å². The van der Waals surface area contributed by atoms with E-state index in [0.29, 0.717) is 6.61 Å². The minimum absolute atomic E-state index is 0.0747. The number of anilines is 1. The van der Waals surface area contributed by atoms with Crippen LogP contribution in [0, 0.1) is 10.1 Å². The van der Waals surface area contributed by atoms with Gasteiger partial charge in [-0.05, 0) is 19.1 Å². The van der Waals surface area contributed by atoms with Crippen molar-refractivity contribution in [1.29, 1.82) is 0 Å². The highest BCUT2D eigenvalue weighted by Crippen LogP contribution is 2.29. The van der Waals surface area contributed by atoms with E-state index in [0.717, 1.165) is 0 Å². The molecule has 0 aliphatic carbocycles. The number of benzene rings is 1. The number of carbonyl (C=O) groups is 2. The molecule has 1 aromatic carbocycles. The molecule has 1 amide bonds. The van der Waals surface area contributed by atoms with E-state index in [1.807, 2.05) is 0 Å². The summed E-state index contributed by atoms with van der Waals surface area (Å²) in [7, 11) is 0. The van der Waals surface area contributed by atoms with Gasteiger partial charge in [0.1, 0.15) is 11.4 Å². The van der Waals surface area contributed by atoms with Crippen molar-refractivity contribution < 1.29 is 24.4 Å². The van der Waals surface area contributed by atoms with E-state index in [1.54, 1.807) is 6.92 Å². The van der Waals surface area contributed by atoms with Crippen molar-refractivity contribution in [2.45, 2.75) is 19.4 Å². The summed E-state index contributed by atoms with van der Waals surface area (Å²) in [6.07, 6.45) is -0.573. The molecule has 0 aromatic heterocycles. The molecule has 0 aliphatic heterocycles. The molecule has 1 aromatic rings. The van der Waals surface area contributed by atoms with E-state index in [-0.39, 0.29) is 17.1 Å². The SMILES string of the molecule is CCOc1ccc(NC(=O)C(N)CC(=O)O)c([N+](=O)[O-])c1. The van der Waals surface area contributed by atoms with Gasteiger partial charge < -0.3 is 20.9 Å². The molecule has 1 unspecified atom stereocenters. The van der Waals surface area contributed by atoms with Gasteiger partial charge in [-0.15, -0.1) is 0 Å². The molecule has 0 aliphatic rings. The van der Waals surface area contributed by atoms with Crippen molar-refractivity contribution in [1.82, 2.24) is 0 Å². The normalized spacial score (nSPS) is 11.5. The maximum atomic E-state index is 11.7. The second-order valence-electron chi connectivity index (χ2n) is 4.06. The predicted octanol–water partition coefficient (Wildman–Crippen LogP) is 0.734. The zero-order valence-corrected chi connectivity index (χ0v) is 11.2. The first-order valence-electron chi connectivity index (χ1n) is 6.04. The Morgan fingerprint density at radius 1 is 1.52 bits per heavy atom. The largest absolute Gasteiger partial charge is 0.494 e. The number of hydrogen-bond donors (Lipinski definition) is 3. The fourth-order valence-corrected chi connectivity index (χ4v) is 1.53. The van der Waals surface area contributed by atoms with E-state index in [1.165, 1.54) is 18.2 Å². The van der Waals surface area contributed by atoms with Crippen molar-refractivity contribution in [2.75, 3.05) is 11.9 Å². The van der Waals surface area contributed by atoms with Gasteiger partial charge in [0.05, 0.1) is 30.1 Å². The fourth-order valence-electron chi connectivity index (χ4n) is 1.53. The summed E-state index contributed by atoms with van der Waals surface area (Å²) >= 11 is 0. The number of aliphatic carboxylic acids is 1. The molecule has 21 heavy (non-hydrogen) atoms. The fraction of sp³-hybridized carbons (Fsp3) is 0.333. The number of nitrogens with zero attached hydrogens (tertiary/aromatic N) is 1. The summed E-state index contributed by atoms with van der Waals surface area (Å²) in [5, 5.41) is 21.8. The third-order valence-corrected chi connectivity index (χ3v) is 2.47. The van der Waals surface area contributed by atoms with Crippen molar-refractivity contribution >= 4 is 23.3 Å². The van der Waals surface area contributed by atoms with Gasteiger partial charge in [-0.25, -0.2) is 0 Å². The summed E-state index contributed by atoms with van der Waals surface area (Å²) in [4.78, 5) is 32.5. The van der Waals surface area contributed by atoms with Gasteiger partial charge >= 0.3 is 5.97 Å². The maximum Gasteiger partial charge on any atom is 0.305 e. The molecule has 0 bridgehead atoms. The van der Waals surface area contributed by atoms with E-state index < -0.39 is 29.3 Å². The minimum atomic E-state index is -1.30. The highest BCUT2D eigenvalue weighted by atomic mass is 16.6. The van der Waals surface area contributed by atoms with Crippen LogP contribution in [0.3, 0.4) is 0 Å². The van der Waals surface area contributed by atoms with E-state index in [2.05, 4.69) is 5.32 Å². The molecule has 9 nitrogen and oxygen atoms in total. The maximum absolute atomic E-state index is 11.7. The first kappa shape index (κ1) is 16.4. The molecule has 0 radical (unpaired) electrons. The average molecular weight is 297 g/mol. The summed E-state index contributed by atoms with van der Waals surface area (Å²) in [6, 6.07) is 2.62. The van der Waals surface area contributed by atoms with Gasteiger partial charge in [0.2, 0.25) is 5.91 Å². The lowest BCUT2D eigenvalue weighted by atomic mass is 10.2. The Labute approximate surface area is 119 Å². The Kier molecular flexibility index (Phi) is 5.61. The van der Waals surface area contributed by atoms with Crippen molar-refractivity contribution in [3.8, 4) is 5.75 Å². The van der Waals surface area contributed by atoms with Crippen LogP contribution in [0.15, 0.2) is 18.2 Å². The number of ether oxygens (including phenoxy) is 1. The zero-order valence-electron chi connectivity index (χ0n) is 11.2. The van der Waals surface area contributed by atoms with E-state index >= 15 is 0 Å². The number of nitrogens with two attached hydrogens (primary N) is 1. The van der Waals surface area contributed by atoms with Crippen LogP contribution in [-0.4, -0.2) is 34.6 Å². The van der Waals surface area contributed by atoms with Crippen molar-refractivity contribution in [2.24, 2.45) is 5.73 Å². The molecule has 1 rings (SSSR count). The number of nitro groups is 1. The first-order chi connectivity index (χ1) is 9.85. The highest BCUT2D eigenvalue weighted by molar-refractivity contribution is 5.98. The van der Waals surface area contributed by atoms with Crippen LogP contribution >= 0.6 is 0 Å².